The summed E-state index contributed by atoms with van der Waals surface area (Å²) < 4.78 is 0. The molecular formula is C15H30N2O. The van der Waals surface area contributed by atoms with Crippen molar-refractivity contribution >= 4 is 5.91 Å². The van der Waals surface area contributed by atoms with Crippen LogP contribution in [0, 0.1) is 5.92 Å². The molecule has 0 bridgehead atoms. The maximum absolute atomic E-state index is 12.3. The predicted octanol–water partition coefficient (Wildman–Crippen LogP) is 3.15. The Morgan fingerprint density at radius 2 is 1.94 bits per heavy atom. The van der Waals surface area contributed by atoms with Crippen LogP contribution in [0.2, 0.25) is 0 Å². The zero-order valence-corrected chi connectivity index (χ0v) is 12.5. The van der Waals surface area contributed by atoms with Gasteiger partial charge in [-0.1, -0.05) is 47.0 Å². The van der Waals surface area contributed by atoms with E-state index in [1.807, 2.05) is 0 Å². The molecule has 1 rings (SSSR count). The number of unbranched alkanes of at least 4 members (excludes halogenated alkanes) is 1. The van der Waals surface area contributed by atoms with Gasteiger partial charge in [-0.25, -0.2) is 0 Å². The lowest BCUT2D eigenvalue weighted by Gasteiger charge is -2.27. The fraction of sp³-hybridized carbons (Fsp3) is 0.933. The average molecular weight is 254 g/mol. The van der Waals surface area contributed by atoms with E-state index in [1.165, 1.54) is 25.7 Å². The summed E-state index contributed by atoms with van der Waals surface area (Å²) in [6.45, 7) is 9.66. The summed E-state index contributed by atoms with van der Waals surface area (Å²) >= 11 is 0. The van der Waals surface area contributed by atoms with Crippen LogP contribution in [0.5, 0.6) is 0 Å². The van der Waals surface area contributed by atoms with Crippen LogP contribution in [0.25, 0.3) is 0 Å². The number of hydrogen-bond donors (Lipinski definition) is 1. The van der Waals surface area contributed by atoms with Gasteiger partial charge in [0.1, 0.15) is 0 Å². The fourth-order valence-corrected chi connectivity index (χ4v) is 2.79. The summed E-state index contributed by atoms with van der Waals surface area (Å²) in [5.74, 6) is 0.986. The van der Waals surface area contributed by atoms with Crippen LogP contribution < -0.4 is 5.32 Å². The average Bonchev–Trinajstić information content (AvgIpc) is 2.70. The molecule has 3 heteroatoms. The van der Waals surface area contributed by atoms with Gasteiger partial charge in [0, 0.05) is 6.54 Å². The molecule has 0 aromatic carbocycles. The maximum Gasteiger partial charge on any atom is 0.241 e. The highest BCUT2D eigenvalue weighted by molar-refractivity contribution is 5.84. The molecule has 0 aliphatic carbocycles. The topological polar surface area (TPSA) is 32.3 Å². The van der Waals surface area contributed by atoms with Crippen molar-refractivity contribution in [2.24, 2.45) is 5.92 Å². The number of amides is 1. The van der Waals surface area contributed by atoms with Crippen LogP contribution in [0.1, 0.15) is 66.2 Å². The van der Waals surface area contributed by atoms with E-state index in [0.29, 0.717) is 11.8 Å². The van der Waals surface area contributed by atoms with Crippen LogP contribution in [0.15, 0.2) is 0 Å². The molecule has 0 radical (unpaired) electrons. The normalized spacial score (nSPS) is 25.8. The molecule has 106 valence electrons. The van der Waals surface area contributed by atoms with Crippen LogP contribution in [-0.2, 0) is 4.79 Å². The van der Waals surface area contributed by atoms with Crippen molar-refractivity contribution in [2.75, 3.05) is 6.54 Å². The van der Waals surface area contributed by atoms with E-state index in [2.05, 4.69) is 37.9 Å². The van der Waals surface area contributed by atoms with E-state index in [-0.39, 0.29) is 12.2 Å². The van der Waals surface area contributed by atoms with Crippen LogP contribution in [0.4, 0.5) is 0 Å². The lowest BCUT2D eigenvalue weighted by atomic mass is 9.98. The first-order valence-electron chi connectivity index (χ1n) is 7.74. The molecule has 1 N–H and O–H groups in total. The van der Waals surface area contributed by atoms with E-state index in [0.717, 1.165) is 19.4 Å². The van der Waals surface area contributed by atoms with Crippen LogP contribution >= 0.6 is 0 Å². The molecule has 1 fully saturated rings. The Balaban J connectivity index is 2.59. The third kappa shape index (κ3) is 3.71. The van der Waals surface area contributed by atoms with Gasteiger partial charge in [-0.05, 0) is 25.2 Å². The largest absolute Gasteiger partial charge is 0.326 e. The van der Waals surface area contributed by atoms with Gasteiger partial charge in [0.05, 0.1) is 12.2 Å². The minimum Gasteiger partial charge on any atom is -0.326 e. The summed E-state index contributed by atoms with van der Waals surface area (Å²) in [4.78, 5) is 14.4. The van der Waals surface area contributed by atoms with E-state index < -0.39 is 0 Å². The Hall–Kier alpha value is -0.570. The molecule has 3 nitrogen and oxygen atoms in total. The van der Waals surface area contributed by atoms with Gasteiger partial charge in [-0.15, -0.1) is 0 Å². The Bertz CT molecular complexity index is 255. The van der Waals surface area contributed by atoms with Crippen molar-refractivity contribution < 1.29 is 4.79 Å². The third-order valence-corrected chi connectivity index (χ3v) is 4.14. The summed E-state index contributed by atoms with van der Waals surface area (Å²) in [6, 6.07) is 0.0543. The Kier molecular flexibility index (Phi) is 6.69. The molecule has 1 heterocycles. The molecule has 0 saturated carbocycles. The van der Waals surface area contributed by atoms with Gasteiger partial charge < -0.3 is 4.90 Å². The maximum atomic E-state index is 12.3. The van der Waals surface area contributed by atoms with Crippen LogP contribution in [-0.4, -0.2) is 29.6 Å². The van der Waals surface area contributed by atoms with Crippen molar-refractivity contribution in [1.82, 2.24) is 10.2 Å². The number of nitrogens with zero attached hydrogens (tertiary/aromatic N) is 1. The number of rotatable bonds is 8. The Morgan fingerprint density at radius 1 is 1.22 bits per heavy atom. The van der Waals surface area contributed by atoms with E-state index in [1.54, 1.807) is 0 Å². The molecule has 0 aromatic heterocycles. The molecular weight excluding hydrogens is 224 g/mol. The molecule has 3 unspecified atom stereocenters. The Labute approximate surface area is 112 Å². The SMILES string of the molecule is CCCCC(CC)CN1C(=O)C(CC)NC1CC. The van der Waals surface area contributed by atoms with Crippen LogP contribution in [0.3, 0.4) is 0 Å². The summed E-state index contributed by atoms with van der Waals surface area (Å²) in [7, 11) is 0. The minimum atomic E-state index is 0.0543. The molecule has 1 aliphatic heterocycles. The van der Waals surface area contributed by atoms with E-state index in [9.17, 15) is 4.79 Å². The second kappa shape index (κ2) is 7.78. The number of carbonyl (C=O) groups excluding carboxylic acids is 1. The molecule has 1 amide bonds. The second-order valence-electron chi connectivity index (χ2n) is 5.46. The number of nitrogens with one attached hydrogen (secondary N) is 1. The van der Waals surface area contributed by atoms with E-state index >= 15 is 0 Å². The zero-order valence-electron chi connectivity index (χ0n) is 12.5. The Morgan fingerprint density at radius 3 is 2.44 bits per heavy atom. The molecule has 18 heavy (non-hydrogen) atoms. The number of carbonyl (C=O) groups is 1. The summed E-state index contributed by atoms with van der Waals surface area (Å²) in [6.07, 6.45) is 7.13. The highest BCUT2D eigenvalue weighted by Gasteiger charge is 2.37. The van der Waals surface area contributed by atoms with Crippen molar-refractivity contribution in [3.05, 3.63) is 0 Å². The molecule has 1 aliphatic rings. The molecule has 1 saturated heterocycles. The fourth-order valence-electron chi connectivity index (χ4n) is 2.79. The van der Waals surface area contributed by atoms with Crippen molar-refractivity contribution in [3.63, 3.8) is 0 Å². The van der Waals surface area contributed by atoms with Gasteiger partial charge in [0.2, 0.25) is 5.91 Å². The van der Waals surface area contributed by atoms with Crippen molar-refractivity contribution in [3.8, 4) is 0 Å². The first-order chi connectivity index (χ1) is 8.67. The first-order valence-corrected chi connectivity index (χ1v) is 7.74. The third-order valence-electron chi connectivity index (χ3n) is 4.14. The van der Waals surface area contributed by atoms with Gasteiger partial charge in [0.15, 0.2) is 0 Å². The quantitative estimate of drug-likeness (QED) is 0.721. The highest BCUT2D eigenvalue weighted by atomic mass is 16.2. The minimum absolute atomic E-state index is 0.0543. The number of hydrogen-bond acceptors (Lipinski definition) is 2. The molecule has 0 aromatic rings. The molecule has 0 spiro atoms. The van der Waals surface area contributed by atoms with Gasteiger partial charge in [-0.3, -0.25) is 10.1 Å². The van der Waals surface area contributed by atoms with E-state index in [4.69, 9.17) is 0 Å². The smallest absolute Gasteiger partial charge is 0.241 e. The first kappa shape index (κ1) is 15.5. The lowest BCUT2D eigenvalue weighted by molar-refractivity contribution is -0.130. The summed E-state index contributed by atoms with van der Waals surface area (Å²) in [5, 5.41) is 3.45. The predicted molar refractivity (Wildman–Crippen MR) is 76.3 cm³/mol. The zero-order chi connectivity index (χ0) is 13.5. The van der Waals surface area contributed by atoms with Gasteiger partial charge in [-0.2, -0.15) is 0 Å². The summed E-state index contributed by atoms with van der Waals surface area (Å²) in [5.41, 5.74) is 0. The second-order valence-corrected chi connectivity index (χ2v) is 5.46. The molecule has 3 atom stereocenters. The standard InChI is InChI=1S/C15H30N2O/c1-5-9-10-12(6-2)11-17-14(8-4)16-13(7-3)15(17)18/h12-14,16H,5-11H2,1-4H3. The lowest BCUT2D eigenvalue weighted by Crippen LogP contribution is -2.39. The van der Waals surface area contributed by atoms with Gasteiger partial charge >= 0.3 is 0 Å². The van der Waals surface area contributed by atoms with Crippen molar-refractivity contribution in [2.45, 2.75) is 78.4 Å². The highest BCUT2D eigenvalue weighted by Crippen LogP contribution is 2.21. The monoisotopic (exact) mass is 254 g/mol. The van der Waals surface area contributed by atoms with Crippen molar-refractivity contribution in [1.29, 1.82) is 0 Å². The van der Waals surface area contributed by atoms with Gasteiger partial charge in [0.25, 0.3) is 0 Å².